The lowest BCUT2D eigenvalue weighted by atomic mass is 10.1. The molecular weight excluding hydrogens is 437 g/mol. The predicted molar refractivity (Wildman–Crippen MR) is 121 cm³/mol. The number of hydrogen-bond acceptors (Lipinski definition) is 5. The van der Waals surface area contributed by atoms with Crippen molar-refractivity contribution in [1.29, 1.82) is 0 Å². The van der Waals surface area contributed by atoms with Crippen LogP contribution in [0.1, 0.15) is 37.5 Å². The Morgan fingerprint density at radius 2 is 1.84 bits per heavy atom. The van der Waals surface area contributed by atoms with Gasteiger partial charge >= 0.3 is 0 Å². The van der Waals surface area contributed by atoms with Crippen LogP contribution >= 0.6 is 11.3 Å². The standard InChI is InChI=1S/C22H24FN3O3S2/c1-13-6-7-16(10-19(13)23)9-18-12-24-22(30-18)25-21(27)17-8-14(2)15(3)20(11-17)31(28,29)26(4)5/h6-8,10-12H,9H2,1-5H3,(H,24,25,27). The summed E-state index contributed by atoms with van der Waals surface area (Å²) in [5.74, 6) is -0.700. The van der Waals surface area contributed by atoms with Crippen LogP contribution in [0.3, 0.4) is 0 Å². The second-order valence-electron chi connectivity index (χ2n) is 7.55. The Balaban J connectivity index is 1.81. The normalized spacial score (nSPS) is 11.7. The van der Waals surface area contributed by atoms with Gasteiger partial charge in [-0.05, 0) is 61.2 Å². The van der Waals surface area contributed by atoms with E-state index in [9.17, 15) is 17.6 Å². The molecule has 3 rings (SSSR count). The number of hydrogen-bond donors (Lipinski definition) is 1. The van der Waals surface area contributed by atoms with Crippen LogP contribution in [0.4, 0.5) is 9.52 Å². The molecule has 0 spiro atoms. The lowest BCUT2D eigenvalue weighted by molar-refractivity contribution is 0.102. The maximum atomic E-state index is 13.8. The van der Waals surface area contributed by atoms with Crippen molar-refractivity contribution in [3.63, 3.8) is 0 Å². The highest BCUT2D eigenvalue weighted by Crippen LogP contribution is 2.26. The molecule has 0 atom stereocenters. The van der Waals surface area contributed by atoms with Gasteiger partial charge in [-0.3, -0.25) is 10.1 Å². The summed E-state index contributed by atoms with van der Waals surface area (Å²) >= 11 is 1.29. The molecule has 0 unspecified atom stereocenters. The second kappa shape index (κ2) is 8.86. The topological polar surface area (TPSA) is 79.4 Å². The molecule has 0 saturated carbocycles. The highest BCUT2D eigenvalue weighted by molar-refractivity contribution is 7.89. The summed E-state index contributed by atoms with van der Waals surface area (Å²) in [6, 6.07) is 8.13. The molecule has 3 aromatic rings. The summed E-state index contributed by atoms with van der Waals surface area (Å²) in [6.07, 6.45) is 2.14. The molecule has 6 nitrogen and oxygen atoms in total. The minimum Gasteiger partial charge on any atom is -0.298 e. The number of amides is 1. The van der Waals surface area contributed by atoms with E-state index in [1.54, 1.807) is 39.1 Å². The summed E-state index contributed by atoms with van der Waals surface area (Å²) in [6.45, 7) is 5.19. The average Bonchev–Trinajstić information content (AvgIpc) is 3.13. The molecule has 0 aliphatic rings. The van der Waals surface area contributed by atoms with Gasteiger partial charge in [0.05, 0.1) is 4.90 Å². The molecule has 0 radical (unpaired) electrons. The first-order chi connectivity index (χ1) is 14.5. The first-order valence-electron chi connectivity index (χ1n) is 9.54. The van der Waals surface area contributed by atoms with Crippen LogP contribution in [-0.2, 0) is 16.4 Å². The number of aryl methyl sites for hydroxylation is 2. The minimum atomic E-state index is -3.69. The summed E-state index contributed by atoms with van der Waals surface area (Å²) in [7, 11) is -0.782. The number of nitrogens with zero attached hydrogens (tertiary/aromatic N) is 2. The third-order valence-electron chi connectivity index (χ3n) is 5.03. The van der Waals surface area contributed by atoms with Gasteiger partial charge in [0.15, 0.2) is 5.13 Å². The number of halogens is 1. The number of sulfonamides is 1. The molecule has 2 aromatic carbocycles. The number of carbonyl (C=O) groups excluding carboxylic acids is 1. The van der Waals surface area contributed by atoms with Crippen LogP contribution in [0, 0.1) is 26.6 Å². The molecule has 31 heavy (non-hydrogen) atoms. The van der Waals surface area contributed by atoms with E-state index in [0.717, 1.165) is 14.7 Å². The van der Waals surface area contributed by atoms with Crippen molar-refractivity contribution in [3.05, 3.63) is 75.0 Å². The SMILES string of the molecule is Cc1ccc(Cc2cnc(NC(=O)c3cc(C)c(C)c(S(=O)(=O)N(C)C)c3)s2)cc1F. The lowest BCUT2D eigenvalue weighted by Crippen LogP contribution is -2.24. The van der Waals surface area contributed by atoms with Crippen LogP contribution in [0.15, 0.2) is 41.4 Å². The largest absolute Gasteiger partial charge is 0.298 e. The predicted octanol–water partition coefficient (Wildman–Crippen LogP) is 4.30. The van der Waals surface area contributed by atoms with Crippen LogP contribution < -0.4 is 5.32 Å². The van der Waals surface area contributed by atoms with Gasteiger partial charge < -0.3 is 0 Å². The first-order valence-corrected chi connectivity index (χ1v) is 11.8. The van der Waals surface area contributed by atoms with Crippen LogP contribution in [0.5, 0.6) is 0 Å². The van der Waals surface area contributed by atoms with Gasteiger partial charge in [-0.2, -0.15) is 0 Å². The zero-order valence-electron chi connectivity index (χ0n) is 18.0. The van der Waals surface area contributed by atoms with Gasteiger partial charge in [0.25, 0.3) is 5.91 Å². The summed E-state index contributed by atoms with van der Waals surface area (Å²) < 4.78 is 40.1. The molecule has 0 bridgehead atoms. The molecule has 9 heteroatoms. The maximum absolute atomic E-state index is 13.8. The summed E-state index contributed by atoms with van der Waals surface area (Å²) in [5, 5.41) is 3.12. The Kier molecular flexibility index (Phi) is 6.59. The van der Waals surface area contributed by atoms with Crippen LogP contribution in [0.25, 0.3) is 0 Å². The number of carbonyl (C=O) groups is 1. The summed E-state index contributed by atoms with van der Waals surface area (Å²) in [5.41, 5.74) is 2.95. The van der Waals surface area contributed by atoms with E-state index in [2.05, 4.69) is 10.3 Å². The highest BCUT2D eigenvalue weighted by atomic mass is 32.2. The highest BCUT2D eigenvalue weighted by Gasteiger charge is 2.23. The Labute approximate surface area is 185 Å². The minimum absolute atomic E-state index is 0.101. The van der Waals surface area contributed by atoms with Gasteiger partial charge in [-0.25, -0.2) is 22.1 Å². The number of aromatic nitrogens is 1. The first kappa shape index (κ1) is 23.1. The summed E-state index contributed by atoms with van der Waals surface area (Å²) in [4.78, 5) is 18.0. The fourth-order valence-electron chi connectivity index (χ4n) is 2.99. The Morgan fingerprint density at radius 3 is 2.48 bits per heavy atom. The molecule has 164 valence electrons. The van der Waals surface area contributed by atoms with E-state index < -0.39 is 15.9 Å². The Hall–Kier alpha value is -2.62. The van der Waals surface area contributed by atoms with E-state index in [0.29, 0.717) is 28.2 Å². The zero-order valence-corrected chi connectivity index (χ0v) is 19.6. The molecule has 0 fully saturated rings. The van der Waals surface area contributed by atoms with Gasteiger partial charge in [0.2, 0.25) is 10.0 Å². The molecular formula is C22H24FN3O3S2. The fourth-order valence-corrected chi connectivity index (χ4v) is 5.05. The van der Waals surface area contributed by atoms with E-state index in [-0.39, 0.29) is 16.3 Å². The molecule has 1 amide bonds. The molecule has 1 N–H and O–H groups in total. The van der Waals surface area contributed by atoms with Crippen molar-refractivity contribution in [2.45, 2.75) is 32.1 Å². The molecule has 0 aliphatic heterocycles. The fraction of sp³-hybridized carbons (Fsp3) is 0.273. The smallest absolute Gasteiger partial charge is 0.257 e. The van der Waals surface area contributed by atoms with Crippen molar-refractivity contribution in [1.82, 2.24) is 9.29 Å². The van der Waals surface area contributed by atoms with Crippen molar-refractivity contribution < 1.29 is 17.6 Å². The number of benzene rings is 2. The van der Waals surface area contributed by atoms with Crippen molar-refractivity contribution in [2.24, 2.45) is 0 Å². The average molecular weight is 462 g/mol. The second-order valence-corrected chi connectivity index (χ2v) is 10.8. The molecule has 1 heterocycles. The number of anilines is 1. The third-order valence-corrected chi connectivity index (χ3v) is 7.88. The molecule has 1 aromatic heterocycles. The number of rotatable bonds is 6. The quantitative estimate of drug-likeness (QED) is 0.594. The van der Waals surface area contributed by atoms with Crippen LogP contribution in [-0.4, -0.2) is 37.7 Å². The van der Waals surface area contributed by atoms with Crippen molar-refractivity contribution in [3.8, 4) is 0 Å². The maximum Gasteiger partial charge on any atom is 0.257 e. The van der Waals surface area contributed by atoms with Gasteiger partial charge in [0, 0.05) is 37.2 Å². The molecule has 0 saturated heterocycles. The van der Waals surface area contributed by atoms with E-state index in [1.165, 1.54) is 37.6 Å². The van der Waals surface area contributed by atoms with E-state index >= 15 is 0 Å². The Bertz CT molecular complexity index is 1250. The lowest BCUT2D eigenvalue weighted by Gasteiger charge is -2.16. The van der Waals surface area contributed by atoms with E-state index in [1.807, 2.05) is 6.07 Å². The zero-order chi connectivity index (χ0) is 22.9. The monoisotopic (exact) mass is 461 g/mol. The van der Waals surface area contributed by atoms with Gasteiger partial charge in [-0.1, -0.05) is 12.1 Å². The Morgan fingerprint density at radius 1 is 1.13 bits per heavy atom. The van der Waals surface area contributed by atoms with Gasteiger partial charge in [-0.15, -0.1) is 11.3 Å². The number of thiazole rings is 1. The molecule has 0 aliphatic carbocycles. The van der Waals surface area contributed by atoms with E-state index in [4.69, 9.17) is 0 Å². The van der Waals surface area contributed by atoms with Crippen molar-refractivity contribution >= 4 is 32.4 Å². The number of nitrogens with one attached hydrogen (secondary N) is 1. The van der Waals surface area contributed by atoms with Crippen LogP contribution in [0.2, 0.25) is 0 Å². The third kappa shape index (κ3) is 5.00. The van der Waals surface area contributed by atoms with Gasteiger partial charge in [0.1, 0.15) is 5.82 Å². The van der Waals surface area contributed by atoms with Crippen molar-refractivity contribution in [2.75, 3.05) is 19.4 Å².